The molecule has 164 valence electrons. The fourth-order valence-electron chi connectivity index (χ4n) is 4.34. The molecule has 0 amide bonds. The van der Waals surface area contributed by atoms with Crippen molar-refractivity contribution < 1.29 is 9.26 Å². The first kappa shape index (κ1) is 20.5. The molecule has 33 heavy (non-hydrogen) atoms. The van der Waals surface area contributed by atoms with Crippen molar-refractivity contribution in [3.63, 3.8) is 0 Å². The van der Waals surface area contributed by atoms with Crippen LogP contribution in [0.25, 0.3) is 33.1 Å². The average molecular weight is 439 g/mol. The molecule has 1 atom stereocenters. The third-order valence-electron chi connectivity index (χ3n) is 5.84. The van der Waals surface area contributed by atoms with Gasteiger partial charge in [0.15, 0.2) is 0 Å². The molecule has 0 unspecified atom stereocenters. The summed E-state index contributed by atoms with van der Waals surface area (Å²) in [6.07, 6.45) is 5.39. The largest absolute Gasteiger partial charge is 0.496 e. The first-order valence-electron chi connectivity index (χ1n) is 10.4. The lowest BCUT2D eigenvalue weighted by atomic mass is 10.0. The summed E-state index contributed by atoms with van der Waals surface area (Å²) >= 11 is 0. The lowest BCUT2D eigenvalue weighted by molar-refractivity contribution is 0.393. The highest BCUT2D eigenvalue weighted by molar-refractivity contribution is 6.04. The van der Waals surface area contributed by atoms with Crippen LogP contribution in [0.15, 0.2) is 52.2 Å². The first-order chi connectivity index (χ1) is 16.0. The summed E-state index contributed by atoms with van der Waals surface area (Å²) in [7, 11) is 1.63. The molecule has 4 heterocycles. The zero-order valence-corrected chi connectivity index (χ0v) is 18.6. The van der Waals surface area contributed by atoms with Crippen molar-refractivity contribution in [1.82, 2.24) is 24.7 Å². The summed E-state index contributed by atoms with van der Waals surface area (Å²) in [6, 6.07) is 9.50. The predicted octanol–water partition coefficient (Wildman–Crippen LogP) is 4.18. The highest BCUT2D eigenvalue weighted by atomic mass is 16.5. The van der Waals surface area contributed by atoms with Gasteiger partial charge in [-0.05, 0) is 45.0 Å². The summed E-state index contributed by atoms with van der Waals surface area (Å²) < 4.78 is 13.1. The molecular weight excluding hydrogens is 418 g/mol. The van der Waals surface area contributed by atoms with Gasteiger partial charge in [-0.2, -0.15) is 5.26 Å². The SMILES string of the molecule is COc1cc2c(cc1-c1c(C)noc1C)ncc1[nH]/c(=N\C#N)n([C@H](C)c3ccccn3)c12. The molecule has 0 bridgehead atoms. The smallest absolute Gasteiger partial charge is 0.219 e. The van der Waals surface area contributed by atoms with Gasteiger partial charge < -0.3 is 14.2 Å². The van der Waals surface area contributed by atoms with Crippen molar-refractivity contribution >= 4 is 21.9 Å². The maximum Gasteiger partial charge on any atom is 0.219 e. The minimum absolute atomic E-state index is 0.189. The van der Waals surface area contributed by atoms with E-state index in [0.29, 0.717) is 17.1 Å². The van der Waals surface area contributed by atoms with Crippen molar-refractivity contribution in [2.24, 2.45) is 4.99 Å². The molecule has 5 rings (SSSR count). The molecule has 0 aliphatic heterocycles. The Morgan fingerprint density at radius 1 is 1.24 bits per heavy atom. The molecule has 0 saturated carbocycles. The number of imidazole rings is 1. The Balaban J connectivity index is 1.86. The number of H-pyrrole nitrogens is 1. The highest BCUT2D eigenvalue weighted by Gasteiger charge is 2.21. The van der Waals surface area contributed by atoms with Gasteiger partial charge in [-0.15, -0.1) is 4.99 Å². The zero-order valence-electron chi connectivity index (χ0n) is 18.6. The molecule has 0 saturated heterocycles. The number of aromatic amines is 1. The molecule has 9 heteroatoms. The summed E-state index contributed by atoms with van der Waals surface area (Å²) in [4.78, 5) is 16.4. The van der Waals surface area contributed by atoms with Crippen LogP contribution in [-0.2, 0) is 0 Å². The third-order valence-corrected chi connectivity index (χ3v) is 5.84. The van der Waals surface area contributed by atoms with Crippen molar-refractivity contribution in [2.75, 3.05) is 7.11 Å². The van der Waals surface area contributed by atoms with Crippen LogP contribution in [0, 0.1) is 25.3 Å². The minimum atomic E-state index is -0.189. The topological polar surface area (TPSA) is 118 Å². The van der Waals surface area contributed by atoms with Crippen LogP contribution < -0.4 is 10.4 Å². The van der Waals surface area contributed by atoms with Crippen LogP contribution in [0.1, 0.15) is 30.1 Å². The van der Waals surface area contributed by atoms with Crippen molar-refractivity contribution in [1.29, 1.82) is 5.26 Å². The number of hydrogen-bond donors (Lipinski definition) is 1. The average Bonchev–Trinajstić information content (AvgIpc) is 3.37. The number of fused-ring (bicyclic) bond motifs is 3. The van der Waals surface area contributed by atoms with Crippen molar-refractivity contribution in [3.05, 3.63) is 65.5 Å². The van der Waals surface area contributed by atoms with E-state index in [1.807, 2.05) is 61.9 Å². The number of pyridine rings is 2. The first-order valence-corrected chi connectivity index (χ1v) is 10.4. The van der Waals surface area contributed by atoms with E-state index in [1.165, 1.54) is 0 Å². The molecular formula is C24H21N7O2. The lowest BCUT2D eigenvalue weighted by Crippen LogP contribution is -2.23. The van der Waals surface area contributed by atoms with Gasteiger partial charge >= 0.3 is 0 Å². The van der Waals surface area contributed by atoms with Gasteiger partial charge in [0.2, 0.25) is 11.8 Å². The Kier molecular flexibility index (Phi) is 4.90. The van der Waals surface area contributed by atoms with E-state index in [9.17, 15) is 5.26 Å². The standard InChI is InChI=1S/C24H21N7O2/c1-13-22(15(3)33-30-13)17-9-19-16(10-21(17)32-4)23-20(11-27-19)29-24(28-12-25)31(23)14(2)18-7-5-6-8-26-18/h5-11,14H,1-4H3,(H,28,29)/t14-/m1/s1. The minimum Gasteiger partial charge on any atom is -0.496 e. The van der Waals surface area contributed by atoms with Gasteiger partial charge in [-0.25, -0.2) is 0 Å². The molecule has 4 aromatic heterocycles. The number of aryl methyl sites for hydroxylation is 2. The van der Waals surface area contributed by atoms with E-state index >= 15 is 0 Å². The van der Waals surface area contributed by atoms with Crippen molar-refractivity contribution in [3.8, 4) is 23.1 Å². The van der Waals surface area contributed by atoms with Crippen LogP contribution in [0.5, 0.6) is 5.75 Å². The summed E-state index contributed by atoms with van der Waals surface area (Å²) in [5.41, 5.74) is 6.18. The number of aromatic nitrogens is 5. The third kappa shape index (κ3) is 3.24. The second kappa shape index (κ2) is 7.91. The quantitative estimate of drug-likeness (QED) is 0.420. The van der Waals surface area contributed by atoms with E-state index in [-0.39, 0.29) is 6.04 Å². The molecule has 0 aliphatic carbocycles. The normalized spacial score (nSPS) is 12.9. The molecule has 0 radical (unpaired) electrons. The van der Waals surface area contributed by atoms with Crippen LogP contribution in [0.4, 0.5) is 0 Å². The molecule has 0 spiro atoms. The van der Waals surface area contributed by atoms with Gasteiger partial charge in [0, 0.05) is 17.1 Å². The van der Waals surface area contributed by atoms with Gasteiger partial charge in [0.1, 0.15) is 11.5 Å². The number of nitrogens with zero attached hydrogens (tertiary/aromatic N) is 6. The number of ether oxygens (including phenoxy) is 1. The van der Waals surface area contributed by atoms with E-state index in [4.69, 9.17) is 9.26 Å². The fraction of sp³-hybridized carbons (Fsp3) is 0.208. The number of rotatable bonds is 4. The molecule has 1 N–H and O–H groups in total. The maximum absolute atomic E-state index is 9.30. The number of hydrogen-bond acceptors (Lipinski definition) is 7. The molecule has 5 aromatic rings. The number of benzene rings is 1. The predicted molar refractivity (Wildman–Crippen MR) is 122 cm³/mol. The highest BCUT2D eigenvalue weighted by Crippen LogP contribution is 2.39. The van der Waals surface area contributed by atoms with E-state index < -0.39 is 0 Å². The molecule has 0 fully saturated rings. The van der Waals surface area contributed by atoms with Crippen molar-refractivity contribution in [2.45, 2.75) is 26.8 Å². The Morgan fingerprint density at radius 2 is 2.09 bits per heavy atom. The van der Waals surface area contributed by atoms with E-state index in [0.717, 1.165) is 44.5 Å². The second-order valence-corrected chi connectivity index (χ2v) is 7.75. The van der Waals surface area contributed by atoms with Gasteiger partial charge in [0.05, 0.1) is 52.8 Å². The Labute approximate surface area is 189 Å². The second-order valence-electron chi connectivity index (χ2n) is 7.75. The Hall–Kier alpha value is -4.45. The maximum atomic E-state index is 9.30. The van der Waals surface area contributed by atoms with Gasteiger partial charge in [-0.3, -0.25) is 14.5 Å². The molecule has 1 aromatic carbocycles. The Bertz CT molecular complexity index is 1580. The van der Waals surface area contributed by atoms with Gasteiger partial charge in [-0.1, -0.05) is 11.2 Å². The monoisotopic (exact) mass is 439 g/mol. The van der Waals surface area contributed by atoms with Crippen LogP contribution in [-0.4, -0.2) is 31.8 Å². The zero-order chi connectivity index (χ0) is 23.1. The van der Waals surface area contributed by atoms with E-state index in [1.54, 1.807) is 19.5 Å². The Morgan fingerprint density at radius 3 is 2.76 bits per heavy atom. The lowest BCUT2D eigenvalue weighted by Gasteiger charge is -2.16. The van der Waals surface area contributed by atoms with Crippen LogP contribution in [0.2, 0.25) is 0 Å². The number of methoxy groups -OCH3 is 1. The van der Waals surface area contributed by atoms with Gasteiger partial charge in [0.25, 0.3) is 0 Å². The summed E-state index contributed by atoms with van der Waals surface area (Å²) in [5.74, 6) is 1.38. The molecule has 9 nitrogen and oxygen atoms in total. The molecule has 0 aliphatic rings. The summed E-state index contributed by atoms with van der Waals surface area (Å²) in [6.45, 7) is 5.80. The van der Waals surface area contributed by atoms with Crippen LogP contribution in [0.3, 0.4) is 0 Å². The number of nitrogens with one attached hydrogen (secondary N) is 1. The fourth-order valence-corrected chi connectivity index (χ4v) is 4.34. The van der Waals surface area contributed by atoms with Crippen LogP contribution >= 0.6 is 0 Å². The number of nitriles is 1. The summed E-state index contributed by atoms with van der Waals surface area (Å²) in [5, 5.41) is 14.2. The van der Waals surface area contributed by atoms with E-state index in [2.05, 4.69) is 25.1 Å².